The summed E-state index contributed by atoms with van der Waals surface area (Å²) >= 11 is 0. The molecular weight excluding hydrogens is 526 g/mol. The standard InChI is InChI=1S/C31H43N3O7/c1-15(2)12-34(13-16(3)4)14-17-8-9-21(35)23-19(17)10-18-11-20-25(33(6)7)27(37)24(30(40)32-5)29(39)31(20,41)28(38)22(18)26(23)36/h8-9,15-16,18,20,25,35-36,39,41H,10-14H2,1-7H3,(H,32,40). The molecule has 5 N–H and O–H groups in total. The number of phenolic OH excluding ortho intramolecular Hbond substituents is 1. The van der Waals surface area contributed by atoms with E-state index in [0.29, 0.717) is 24.8 Å². The third-order valence-electron chi connectivity index (χ3n) is 8.55. The number of hydrogen-bond acceptors (Lipinski definition) is 9. The van der Waals surface area contributed by atoms with Crippen molar-refractivity contribution >= 4 is 23.2 Å². The molecule has 0 spiro atoms. The fraction of sp³-hybridized carbons (Fsp3) is 0.581. The Bertz CT molecular complexity index is 1320. The Morgan fingerprint density at radius 2 is 1.68 bits per heavy atom. The fourth-order valence-electron chi connectivity index (χ4n) is 7.04. The first-order chi connectivity index (χ1) is 19.1. The highest BCUT2D eigenvalue weighted by Crippen LogP contribution is 2.53. The number of Topliss-reactive ketones (excluding diaryl/α,β-unsaturated/α-hetero) is 2. The first-order valence-electron chi connectivity index (χ1n) is 14.3. The summed E-state index contributed by atoms with van der Waals surface area (Å²) in [5, 5.41) is 47.7. The van der Waals surface area contributed by atoms with E-state index in [1.54, 1.807) is 19.0 Å². The average Bonchev–Trinajstić information content (AvgIpc) is 2.86. The molecule has 1 aromatic rings. The number of carbonyl (C=O) groups excluding carboxylic acids is 3. The molecule has 4 atom stereocenters. The van der Waals surface area contributed by atoms with Crippen LogP contribution in [0.25, 0.3) is 5.76 Å². The summed E-state index contributed by atoms with van der Waals surface area (Å²) in [5.74, 6) is -4.97. The SMILES string of the molecule is CNC(=O)C1=C(O)C2(O)C(=O)C3=C(O)c4c(O)ccc(CN(CC(C)C)CC(C)C)c4CC3CC2C(N(C)C)C1=O. The number of ketones is 2. The second-order valence-corrected chi connectivity index (χ2v) is 12.8. The monoisotopic (exact) mass is 569 g/mol. The van der Waals surface area contributed by atoms with Crippen molar-refractivity contribution in [3.63, 3.8) is 0 Å². The number of rotatable bonds is 8. The molecule has 3 aliphatic carbocycles. The van der Waals surface area contributed by atoms with Crippen molar-refractivity contribution in [3.8, 4) is 5.75 Å². The van der Waals surface area contributed by atoms with Gasteiger partial charge in [-0.2, -0.15) is 0 Å². The van der Waals surface area contributed by atoms with Crippen molar-refractivity contribution in [2.75, 3.05) is 34.2 Å². The van der Waals surface area contributed by atoms with Gasteiger partial charge >= 0.3 is 0 Å². The highest BCUT2D eigenvalue weighted by molar-refractivity contribution is 6.24. The zero-order valence-corrected chi connectivity index (χ0v) is 25.0. The maximum Gasteiger partial charge on any atom is 0.258 e. The summed E-state index contributed by atoms with van der Waals surface area (Å²) in [6, 6.07) is 2.29. The largest absolute Gasteiger partial charge is 0.508 e. The number of phenols is 1. The smallest absolute Gasteiger partial charge is 0.258 e. The van der Waals surface area contributed by atoms with Crippen LogP contribution in [0.5, 0.6) is 5.75 Å². The molecule has 4 unspecified atom stereocenters. The van der Waals surface area contributed by atoms with E-state index in [2.05, 4.69) is 37.9 Å². The zero-order valence-electron chi connectivity index (χ0n) is 25.0. The molecule has 3 aliphatic rings. The number of aliphatic hydroxyl groups is 3. The predicted molar refractivity (Wildman–Crippen MR) is 154 cm³/mol. The van der Waals surface area contributed by atoms with Crippen LogP contribution in [0.2, 0.25) is 0 Å². The van der Waals surface area contributed by atoms with Crippen LogP contribution in [0, 0.1) is 23.7 Å². The lowest BCUT2D eigenvalue weighted by Crippen LogP contribution is -2.65. The summed E-state index contributed by atoms with van der Waals surface area (Å²) in [6.07, 6.45) is 0.395. The highest BCUT2D eigenvalue weighted by atomic mass is 16.3. The van der Waals surface area contributed by atoms with E-state index in [9.17, 15) is 34.8 Å². The van der Waals surface area contributed by atoms with Crippen LogP contribution in [0.1, 0.15) is 50.8 Å². The highest BCUT2D eigenvalue weighted by Gasteiger charge is 2.64. The molecule has 10 heteroatoms. The number of aliphatic hydroxyl groups excluding tert-OH is 2. The molecule has 1 aromatic carbocycles. The van der Waals surface area contributed by atoms with E-state index >= 15 is 0 Å². The van der Waals surface area contributed by atoms with E-state index in [1.807, 2.05) is 6.07 Å². The maximum atomic E-state index is 14.1. The molecule has 0 aliphatic heterocycles. The Balaban J connectivity index is 1.87. The number of fused-ring (bicyclic) bond motifs is 3. The minimum Gasteiger partial charge on any atom is -0.508 e. The van der Waals surface area contributed by atoms with Gasteiger partial charge in [0.1, 0.15) is 22.8 Å². The van der Waals surface area contributed by atoms with Gasteiger partial charge in [0.15, 0.2) is 11.4 Å². The first kappa shape index (κ1) is 30.7. The second-order valence-electron chi connectivity index (χ2n) is 12.8. The number of aromatic hydroxyl groups is 1. The third kappa shape index (κ3) is 5.06. The number of likely N-dealkylation sites (N-methyl/N-ethyl adjacent to an activating group) is 2. The molecule has 224 valence electrons. The summed E-state index contributed by atoms with van der Waals surface area (Å²) in [6.45, 7) is 10.9. The van der Waals surface area contributed by atoms with Crippen molar-refractivity contribution in [2.24, 2.45) is 23.7 Å². The Labute approximate surface area is 241 Å². The van der Waals surface area contributed by atoms with Crippen LogP contribution in [0.15, 0.2) is 29.0 Å². The van der Waals surface area contributed by atoms with E-state index in [-0.39, 0.29) is 23.3 Å². The molecule has 1 fully saturated rings. The van der Waals surface area contributed by atoms with E-state index in [4.69, 9.17) is 0 Å². The van der Waals surface area contributed by atoms with Gasteiger partial charge in [0, 0.05) is 38.2 Å². The molecule has 41 heavy (non-hydrogen) atoms. The van der Waals surface area contributed by atoms with Crippen LogP contribution in [0.4, 0.5) is 0 Å². The zero-order chi connectivity index (χ0) is 30.5. The molecule has 0 aromatic heterocycles. The van der Waals surface area contributed by atoms with E-state index in [0.717, 1.165) is 24.2 Å². The van der Waals surface area contributed by atoms with Crippen molar-refractivity contribution < 1.29 is 34.8 Å². The van der Waals surface area contributed by atoms with Crippen LogP contribution in [-0.4, -0.2) is 93.6 Å². The van der Waals surface area contributed by atoms with Crippen molar-refractivity contribution in [1.82, 2.24) is 15.1 Å². The second kappa shape index (κ2) is 11.2. The lowest BCUT2D eigenvalue weighted by molar-refractivity contribution is -0.153. The van der Waals surface area contributed by atoms with Crippen LogP contribution < -0.4 is 5.32 Å². The van der Waals surface area contributed by atoms with Gasteiger partial charge in [0.2, 0.25) is 5.78 Å². The molecule has 1 amide bonds. The normalized spacial score (nSPS) is 26.2. The van der Waals surface area contributed by atoms with Crippen molar-refractivity contribution in [3.05, 3.63) is 45.7 Å². The number of benzene rings is 1. The number of carbonyl (C=O) groups is 3. The number of hydrogen-bond donors (Lipinski definition) is 5. The third-order valence-corrected chi connectivity index (χ3v) is 8.55. The molecule has 0 radical (unpaired) electrons. The average molecular weight is 570 g/mol. The van der Waals surface area contributed by atoms with Crippen molar-refractivity contribution in [2.45, 2.75) is 58.7 Å². The molecule has 4 rings (SSSR count). The number of nitrogens with one attached hydrogen (secondary N) is 1. The summed E-state index contributed by atoms with van der Waals surface area (Å²) in [7, 11) is 4.51. The van der Waals surface area contributed by atoms with Gasteiger partial charge < -0.3 is 25.7 Å². The van der Waals surface area contributed by atoms with Gasteiger partial charge in [-0.25, -0.2) is 0 Å². The van der Waals surface area contributed by atoms with E-state index < -0.39 is 58.0 Å². The molecular formula is C31H43N3O7. The molecule has 0 saturated heterocycles. The van der Waals surface area contributed by atoms with Gasteiger partial charge in [-0.3, -0.25) is 24.2 Å². The van der Waals surface area contributed by atoms with E-state index in [1.165, 1.54) is 13.1 Å². The Morgan fingerprint density at radius 3 is 2.22 bits per heavy atom. The predicted octanol–water partition coefficient (Wildman–Crippen LogP) is 2.34. The Morgan fingerprint density at radius 1 is 1.07 bits per heavy atom. The Hall–Kier alpha value is -3.21. The fourth-order valence-corrected chi connectivity index (χ4v) is 7.04. The summed E-state index contributed by atoms with van der Waals surface area (Å²) in [4.78, 5) is 44.0. The molecule has 10 nitrogen and oxygen atoms in total. The quantitative estimate of drug-likeness (QED) is 0.297. The minimum atomic E-state index is -2.60. The summed E-state index contributed by atoms with van der Waals surface area (Å²) in [5.41, 5.74) is -1.59. The Kier molecular flexibility index (Phi) is 8.42. The van der Waals surface area contributed by atoms with Gasteiger partial charge in [-0.15, -0.1) is 0 Å². The first-order valence-corrected chi connectivity index (χ1v) is 14.3. The number of nitrogens with zero attached hydrogens (tertiary/aromatic N) is 2. The summed E-state index contributed by atoms with van der Waals surface area (Å²) < 4.78 is 0. The van der Waals surface area contributed by atoms with Gasteiger partial charge in [0.25, 0.3) is 5.91 Å². The maximum absolute atomic E-state index is 14.1. The lowest BCUT2D eigenvalue weighted by atomic mass is 9.57. The van der Waals surface area contributed by atoms with Crippen LogP contribution in [0.3, 0.4) is 0 Å². The van der Waals surface area contributed by atoms with Gasteiger partial charge in [-0.05, 0) is 61.9 Å². The molecule has 1 saturated carbocycles. The lowest BCUT2D eigenvalue weighted by Gasteiger charge is -2.50. The molecule has 0 heterocycles. The van der Waals surface area contributed by atoms with Gasteiger partial charge in [-0.1, -0.05) is 33.8 Å². The topological polar surface area (TPSA) is 151 Å². The van der Waals surface area contributed by atoms with Crippen molar-refractivity contribution in [1.29, 1.82) is 0 Å². The van der Waals surface area contributed by atoms with Crippen LogP contribution >= 0.6 is 0 Å². The minimum absolute atomic E-state index is 0.0948. The number of amides is 1. The molecule has 0 bridgehead atoms. The van der Waals surface area contributed by atoms with Gasteiger partial charge in [0.05, 0.1) is 11.6 Å². The van der Waals surface area contributed by atoms with Crippen LogP contribution in [-0.2, 0) is 27.3 Å².